The zero-order chi connectivity index (χ0) is 10.6. The molecule has 0 spiro atoms. The summed E-state index contributed by atoms with van der Waals surface area (Å²) in [5.74, 6) is 1.45. The highest BCUT2D eigenvalue weighted by Crippen LogP contribution is 2.33. The highest BCUT2D eigenvalue weighted by molar-refractivity contribution is 6.31. The van der Waals surface area contributed by atoms with E-state index in [0.717, 1.165) is 22.8 Å². The lowest BCUT2D eigenvalue weighted by Crippen LogP contribution is -1.97. The Balaban J connectivity index is 3.11. The van der Waals surface area contributed by atoms with Gasteiger partial charge in [-0.15, -0.1) is 0 Å². The summed E-state index contributed by atoms with van der Waals surface area (Å²) >= 11 is 6.04. The van der Waals surface area contributed by atoms with Crippen LogP contribution in [0.1, 0.15) is 19.4 Å². The van der Waals surface area contributed by atoms with E-state index in [9.17, 15) is 0 Å². The molecule has 0 atom stereocenters. The van der Waals surface area contributed by atoms with Crippen LogP contribution in [0, 0.1) is 0 Å². The van der Waals surface area contributed by atoms with Crippen LogP contribution in [-0.2, 0) is 6.42 Å². The summed E-state index contributed by atoms with van der Waals surface area (Å²) in [6.45, 7) is 4.63. The van der Waals surface area contributed by atoms with E-state index in [-0.39, 0.29) is 0 Å². The summed E-state index contributed by atoms with van der Waals surface area (Å²) in [7, 11) is 1.61. The Morgan fingerprint density at radius 3 is 2.43 bits per heavy atom. The van der Waals surface area contributed by atoms with Gasteiger partial charge in [-0.3, -0.25) is 0 Å². The highest BCUT2D eigenvalue weighted by Gasteiger charge is 2.08. The van der Waals surface area contributed by atoms with E-state index in [1.54, 1.807) is 13.2 Å². The van der Waals surface area contributed by atoms with Crippen LogP contribution in [0.3, 0.4) is 0 Å². The quantitative estimate of drug-likeness (QED) is 0.766. The molecule has 1 aromatic rings. The van der Waals surface area contributed by atoms with E-state index in [2.05, 4.69) is 6.92 Å². The molecule has 0 aliphatic heterocycles. The van der Waals surface area contributed by atoms with Crippen molar-refractivity contribution in [3.63, 3.8) is 0 Å². The van der Waals surface area contributed by atoms with Gasteiger partial charge in [0, 0.05) is 11.1 Å². The molecule has 0 aliphatic rings. The summed E-state index contributed by atoms with van der Waals surface area (Å²) in [6, 6.07) is 3.73. The zero-order valence-corrected chi connectivity index (χ0v) is 9.52. The van der Waals surface area contributed by atoms with Crippen molar-refractivity contribution < 1.29 is 9.47 Å². The fraction of sp³-hybridized carbons (Fsp3) is 0.455. The van der Waals surface area contributed by atoms with Gasteiger partial charge in [0.1, 0.15) is 0 Å². The van der Waals surface area contributed by atoms with Gasteiger partial charge in [-0.25, -0.2) is 0 Å². The standard InChI is InChI=1S/C11H15ClO2/c1-4-8-6-11(14-5-2)10(13-3)7-9(8)12/h6-7H,4-5H2,1-3H3. The largest absolute Gasteiger partial charge is 0.493 e. The predicted molar refractivity (Wildman–Crippen MR) is 58.6 cm³/mol. The second-order valence-electron chi connectivity index (χ2n) is 2.88. The van der Waals surface area contributed by atoms with E-state index in [4.69, 9.17) is 21.1 Å². The number of hydrogen-bond donors (Lipinski definition) is 0. The molecule has 3 heteroatoms. The first kappa shape index (κ1) is 11.2. The first-order valence-electron chi connectivity index (χ1n) is 4.72. The third-order valence-corrected chi connectivity index (χ3v) is 2.37. The molecule has 0 unspecified atom stereocenters. The van der Waals surface area contributed by atoms with Gasteiger partial charge in [-0.1, -0.05) is 18.5 Å². The summed E-state index contributed by atoms with van der Waals surface area (Å²) in [5, 5.41) is 0.729. The zero-order valence-electron chi connectivity index (χ0n) is 8.76. The predicted octanol–water partition coefficient (Wildman–Crippen LogP) is 3.31. The first-order chi connectivity index (χ1) is 6.72. The molecular formula is C11H15ClO2. The van der Waals surface area contributed by atoms with E-state index < -0.39 is 0 Å². The molecule has 0 aliphatic carbocycles. The van der Waals surface area contributed by atoms with Crippen LogP contribution in [-0.4, -0.2) is 13.7 Å². The fourth-order valence-corrected chi connectivity index (χ4v) is 1.56. The van der Waals surface area contributed by atoms with Crippen LogP contribution in [0.2, 0.25) is 5.02 Å². The minimum absolute atomic E-state index is 0.626. The lowest BCUT2D eigenvalue weighted by molar-refractivity contribution is 0.310. The van der Waals surface area contributed by atoms with Crippen molar-refractivity contribution in [2.45, 2.75) is 20.3 Å². The molecular weight excluding hydrogens is 200 g/mol. The SMILES string of the molecule is CCOc1cc(CC)c(Cl)cc1OC. The van der Waals surface area contributed by atoms with Crippen molar-refractivity contribution in [2.75, 3.05) is 13.7 Å². The lowest BCUT2D eigenvalue weighted by Gasteiger charge is -2.11. The Morgan fingerprint density at radius 2 is 1.93 bits per heavy atom. The number of hydrogen-bond acceptors (Lipinski definition) is 2. The molecule has 0 amide bonds. The molecule has 2 nitrogen and oxygen atoms in total. The first-order valence-corrected chi connectivity index (χ1v) is 5.09. The van der Waals surface area contributed by atoms with Crippen LogP contribution in [0.4, 0.5) is 0 Å². The summed E-state index contributed by atoms with van der Waals surface area (Å²) in [6.07, 6.45) is 0.892. The number of methoxy groups -OCH3 is 1. The van der Waals surface area contributed by atoms with Crippen molar-refractivity contribution in [2.24, 2.45) is 0 Å². The van der Waals surface area contributed by atoms with E-state index >= 15 is 0 Å². The molecule has 14 heavy (non-hydrogen) atoms. The Hall–Kier alpha value is -0.890. The molecule has 78 valence electrons. The molecule has 0 aromatic heterocycles. The van der Waals surface area contributed by atoms with E-state index in [1.165, 1.54) is 0 Å². The van der Waals surface area contributed by atoms with Crippen LogP contribution in [0.25, 0.3) is 0 Å². The fourth-order valence-electron chi connectivity index (χ4n) is 1.28. The number of benzene rings is 1. The second-order valence-corrected chi connectivity index (χ2v) is 3.29. The number of aryl methyl sites for hydroxylation is 1. The molecule has 0 bridgehead atoms. The van der Waals surface area contributed by atoms with Gasteiger partial charge in [0.15, 0.2) is 11.5 Å². The smallest absolute Gasteiger partial charge is 0.162 e. The van der Waals surface area contributed by atoms with Crippen molar-refractivity contribution in [3.05, 3.63) is 22.7 Å². The van der Waals surface area contributed by atoms with Crippen LogP contribution in [0.15, 0.2) is 12.1 Å². The molecule has 0 radical (unpaired) electrons. The van der Waals surface area contributed by atoms with Gasteiger partial charge in [-0.2, -0.15) is 0 Å². The third-order valence-electron chi connectivity index (χ3n) is 2.01. The maximum absolute atomic E-state index is 6.04. The lowest BCUT2D eigenvalue weighted by atomic mass is 10.1. The van der Waals surface area contributed by atoms with Crippen molar-refractivity contribution in [1.29, 1.82) is 0 Å². The monoisotopic (exact) mass is 214 g/mol. The average molecular weight is 215 g/mol. The number of ether oxygens (including phenoxy) is 2. The minimum Gasteiger partial charge on any atom is -0.493 e. The molecule has 0 N–H and O–H groups in total. The molecule has 0 saturated heterocycles. The maximum Gasteiger partial charge on any atom is 0.162 e. The highest BCUT2D eigenvalue weighted by atomic mass is 35.5. The Kier molecular flexibility index (Phi) is 4.08. The summed E-state index contributed by atoms with van der Waals surface area (Å²) in [5.41, 5.74) is 1.08. The van der Waals surface area contributed by atoms with E-state index in [0.29, 0.717) is 12.4 Å². The van der Waals surface area contributed by atoms with Gasteiger partial charge in [-0.05, 0) is 25.0 Å². The van der Waals surface area contributed by atoms with Crippen LogP contribution in [0.5, 0.6) is 11.5 Å². The van der Waals surface area contributed by atoms with Gasteiger partial charge in [0.25, 0.3) is 0 Å². The molecule has 1 aromatic carbocycles. The summed E-state index contributed by atoms with van der Waals surface area (Å²) < 4.78 is 10.6. The Labute approximate surface area is 89.8 Å². The number of halogens is 1. The molecule has 0 fully saturated rings. The van der Waals surface area contributed by atoms with Crippen LogP contribution < -0.4 is 9.47 Å². The Morgan fingerprint density at radius 1 is 1.21 bits per heavy atom. The van der Waals surface area contributed by atoms with Gasteiger partial charge >= 0.3 is 0 Å². The van der Waals surface area contributed by atoms with Gasteiger partial charge < -0.3 is 9.47 Å². The van der Waals surface area contributed by atoms with Crippen LogP contribution >= 0.6 is 11.6 Å². The molecule has 0 saturated carbocycles. The molecule has 1 rings (SSSR count). The van der Waals surface area contributed by atoms with Crippen molar-refractivity contribution in [1.82, 2.24) is 0 Å². The van der Waals surface area contributed by atoms with E-state index in [1.807, 2.05) is 13.0 Å². The maximum atomic E-state index is 6.04. The van der Waals surface area contributed by atoms with Crippen molar-refractivity contribution in [3.8, 4) is 11.5 Å². The average Bonchev–Trinajstić information content (AvgIpc) is 2.20. The molecule has 0 heterocycles. The van der Waals surface area contributed by atoms with Gasteiger partial charge in [0.2, 0.25) is 0 Å². The topological polar surface area (TPSA) is 18.5 Å². The van der Waals surface area contributed by atoms with Crippen molar-refractivity contribution >= 4 is 11.6 Å². The normalized spacial score (nSPS) is 10.0. The second kappa shape index (κ2) is 5.11. The van der Waals surface area contributed by atoms with Gasteiger partial charge in [0.05, 0.1) is 13.7 Å². The number of rotatable bonds is 4. The summed E-state index contributed by atoms with van der Waals surface area (Å²) in [4.78, 5) is 0. The Bertz CT molecular complexity index is 310. The third kappa shape index (κ3) is 2.32. The minimum atomic E-state index is 0.626.